The smallest absolute Gasteiger partial charge is 0.108 e. The van der Waals surface area contributed by atoms with Crippen LogP contribution in [0.2, 0.25) is 0 Å². The zero-order chi connectivity index (χ0) is 18.7. The van der Waals surface area contributed by atoms with E-state index in [1.54, 1.807) is 0 Å². The van der Waals surface area contributed by atoms with E-state index in [9.17, 15) is 0 Å². The van der Waals surface area contributed by atoms with Crippen LogP contribution in [0, 0.1) is 13.8 Å². The van der Waals surface area contributed by atoms with Crippen molar-refractivity contribution < 1.29 is 0 Å². The van der Waals surface area contributed by atoms with Crippen molar-refractivity contribution in [3.63, 3.8) is 0 Å². The van der Waals surface area contributed by atoms with Crippen LogP contribution >= 0.6 is 0 Å². The SMILES string of the molecule is Cc1ccc([B-](c2ccccc2)(c2ccccc2)c2ccc(C)cc2)cc1. The quantitative estimate of drug-likeness (QED) is 0.494. The molecule has 132 valence electrons. The maximum absolute atomic E-state index is 2.30. The summed E-state index contributed by atoms with van der Waals surface area (Å²) in [7, 11) is 0. The minimum Gasteiger partial charge on any atom is -0.195 e. The standard InChI is InChI=1S/C26H24B/c1-21-13-17-25(18-14-21)27(23-9-5-3-6-10-23,24-11-7-4-8-12-24)26-19-15-22(2)16-20-26/h3-20H,1-2H3/q-1. The summed E-state index contributed by atoms with van der Waals surface area (Å²) in [5, 5.41) is 0. The lowest BCUT2D eigenvalue weighted by Crippen LogP contribution is -2.74. The average molecular weight is 347 g/mol. The van der Waals surface area contributed by atoms with Crippen LogP contribution in [0.25, 0.3) is 0 Å². The Kier molecular flexibility index (Phi) is 4.69. The minimum atomic E-state index is -1.24. The third kappa shape index (κ3) is 3.10. The lowest BCUT2D eigenvalue weighted by molar-refractivity contribution is 1.48. The molecule has 0 amide bonds. The van der Waals surface area contributed by atoms with Gasteiger partial charge >= 0.3 is 0 Å². The minimum absolute atomic E-state index is 1.24. The second kappa shape index (κ2) is 7.29. The zero-order valence-corrected chi connectivity index (χ0v) is 16.0. The predicted octanol–water partition coefficient (Wildman–Crippen LogP) is 3.68. The lowest BCUT2D eigenvalue weighted by atomic mass is 9.13. The van der Waals surface area contributed by atoms with Gasteiger partial charge in [-0.1, -0.05) is 120 Å². The van der Waals surface area contributed by atoms with Gasteiger partial charge in [0.1, 0.15) is 6.15 Å². The van der Waals surface area contributed by atoms with Gasteiger partial charge in [-0.2, -0.15) is 21.9 Å². The van der Waals surface area contributed by atoms with Gasteiger partial charge in [0, 0.05) is 0 Å². The first kappa shape index (κ1) is 17.4. The first-order chi connectivity index (χ1) is 13.2. The van der Waals surface area contributed by atoms with E-state index in [1.165, 1.54) is 33.0 Å². The average Bonchev–Trinajstić information content (AvgIpc) is 2.73. The van der Waals surface area contributed by atoms with Crippen molar-refractivity contribution >= 4 is 28.0 Å². The van der Waals surface area contributed by atoms with Crippen molar-refractivity contribution in [2.75, 3.05) is 0 Å². The van der Waals surface area contributed by atoms with Crippen molar-refractivity contribution in [3.05, 3.63) is 120 Å². The van der Waals surface area contributed by atoms with Gasteiger partial charge in [-0.3, -0.25) is 0 Å². The Hall–Kier alpha value is -3.06. The Morgan fingerprint density at radius 1 is 0.370 bits per heavy atom. The molecule has 0 aliphatic carbocycles. The number of hydrogen-bond donors (Lipinski definition) is 0. The number of aryl methyl sites for hydroxylation is 2. The predicted molar refractivity (Wildman–Crippen MR) is 120 cm³/mol. The third-order valence-electron chi connectivity index (χ3n) is 5.75. The van der Waals surface area contributed by atoms with Gasteiger partial charge in [-0.25, -0.2) is 0 Å². The topological polar surface area (TPSA) is 0 Å². The Balaban J connectivity index is 2.11. The largest absolute Gasteiger partial charge is 0.195 e. The first-order valence-corrected chi connectivity index (χ1v) is 9.62. The highest BCUT2D eigenvalue weighted by molar-refractivity contribution is 7.19. The molecule has 0 saturated heterocycles. The van der Waals surface area contributed by atoms with Gasteiger partial charge in [0.25, 0.3) is 0 Å². The van der Waals surface area contributed by atoms with Gasteiger partial charge in [-0.05, 0) is 13.8 Å². The molecular formula is C26H24B-. The molecule has 0 aliphatic rings. The van der Waals surface area contributed by atoms with Gasteiger partial charge < -0.3 is 0 Å². The van der Waals surface area contributed by atoms with Crippen molar-refractivity contribution in [2.45, 2.75) is 13.8 Å². The summed E-state index contributed by atoms with van der Waals surface area (Å²) in [5.41, 5.74) is 7.96. The summed E-state index contributed by atoms with van der Waals surface area (Å²) < 4.78 is 0. The highest BCUT2D eigenvalue weighted by atomic mass is 14.1. The van der Waals surface area contributed by atoms with Crippen LogP contribution in [-0.4, -0.2) is 6.15 Å². The van der Waals surface area contributed by atoms with E-state index in [0.29, 0.717) is 0 Å². The van der Waals surface area contributed by atoms with Gasteiger partial charge in [0.05, 0.1) is 0 Å². The summed E-state index contributed by atoms with van der Waals surface area (Å²) in [5.74, 6) is 0. The normalized spacial score (nSPS) is 11.3. The summed E-state index contributed by atoms with van der Waals surface area (Å²) in [6.07, 6.45) is -1.24. The molecule has 0 nitrogen and oxygen atoms in total. The van der Waals surface area contributed by atoms with Crippen molar-refractivity contribution in [1.29, 1.82) is 0 Å². The van der Waals surface area contributed by atoms with Crippen LogP contribution in [0.4, 0.5) is 0 Å². The van der Waals surface area contributed by atoms with Crippen LogP contribution < -0.4 is 21.9 Å². The van der Waals surface area contributed by atoms with E-state index in [4.69, 9.17) is 0 Å². The van der Waals surface area contributed by atoms with E-state index >= 15 is 0 Å². The molecule has 0 saturated carbocycles. The number of hydrogen-bond acceptors (Lipinski definition) is 0. The molecule has 0 bridgehead atoms. The molecule has 4 aromatic rings. The van der Waals surface area contributed by atoms with Crippen LogP contribution in [-0.2, 0) is 0 Å². The first-order valence-electron chi connectivity index (χ1n) is 9.62. The Bertz CT molecular complexity index is 914. The Labute approximate surface area is 162 Å². The Morgan fingerprint density at radius 3 is 1.00 bits per heavy atom. The maximum Gasteiger partial charge on any atom is 0.108 e. The highest BCUT2D eigenvalue weighted by Crippen LogP contribution is 2.10. The van der Waals surface area contributed by atoms with Crippen molar-refractivity contribution in [2.24, 2.45) is 0 Å². The van der Waals surface area contributed by atoms with Gasteiger partial charge in [0.15, 0.2) is 0 Å². The second-order valence-corrected chi connectivity index (χ2v) is 7.51. The lowest BCUT2D eigenvalue weighted by Gasteiger charge is -2.44. The fraction of sp³-hybridized carbons (Fsp3) is 0.0769. The second-order valence-electron chi connectivity index (χ2n) is 7.51. The molecule has 0 unspecified atom stereocenters. The fourth-order valence-electron chi connectivity index (χ4n) is 4.35. The summed E-state index contributed by atoms with van der Waals surface area (Å²) in [4.78, 5) is 0. The number of benzene rings is 4. The molecule has 4 aromatic carbocycles. The maximum atomic E-state index is 2.30. The number of rotatable bonds is 4. The molecular weight excluding hydrogens is 323 g/mol. The molecule has 4 rings (SSSR count). The molecule has 1 heteroatoms. The molecule has 0 atom stereocenters. The van der Waals surface area contributed by atoms with Gasteiger partial charge in [-0.15, -0.1) is 0 Å². The molecule has 0 N–H and O–H groups in total. The van der Waals surface area contributed by atoms with Crippen LogP contribution in [0.5, 0.6) is 0 Å². The third-order valence-corrected chi connectivity index (χ3v) is 5.75. The van der Waals surface area contributed by atoms with Crippen molar-refractivity contribution in [3.8, 4) is 0 Å². The van der Waals surface area contributed by atoms with E-state index < -0.39 is 6.15 Å². The molecule has 27 heavy (non-hydrogen) atoms. The van der Waals surface area contributed by atoms with E-state index in [1.807, 2.05) is 0 Å². The van der Waals surface area contributed by atoms with Gasteiger partial charge in [0.2, 0.25) is 0 Å². The molecule has 0 aliphatic heterocycles. The van der Waals surface area contributed by atoms with Crippen LogP contribution in [0.15, 0.2) is 109 Å². The summed E-state index contributed by atoms with van der Waals surface area (Å²) in [6.45, 7) is 4.30. The highest BCUT2D eigenvalue weighted by Gasteiger charge is 2.31. The molecule has 0 aromatic heterocycles. The van der Waals surface area contributed by atoms with Crippen molar-refractivity contribution in [1.82, 2.24) is 0 Å². The molecule has 0 heterocycles. The van der Waals surface area contributed by atoms with E-state index in [-0.39, 0.29) is 0 Å². The Morgan fingerprint density at radius 2 is 0.667 bits per heavy atom. The van der Waals surface area contributed by atoms with Crippen LogP contribution in [0.1, 0.15) is 11.1 Å². The van der Waals surface area contributed by atoms with Crippen LogP contribution in [0.3, 0.4) is 0 Å². The van der Waals surface area contributed by atoms with E-state index in [0.717, 1.165) is 0 Å². The molecule has 0 spiro atoms. The van der Waals surface area contributed by atoms with E-state index in [2.05, 4.69) is 123 Å². The molecule has 0 radical (unpaired) electrons. The molecule has 0 fully saturated rings. The monoisotopic (exact) mass is 347 g/mol. The summed E-state index contributed by atoms with van der Waals surface area (Å²) in [6, 6.07) is 40.0. The fourth-order valence-corrected chi connectivity index (χ4v) is 4.35. The zero-order valence-electron chi connectivity index (χ0n) is 16.0. The summed E-state index contributed by atoms with van der Waals surface area (Å²) >= 11 is 0.